The predicted molar refractivity (Wildman–Crippen MR) is 87.1 cm³/mol. The predicted octanol–water partition coefficient (Wildman–Crippen LogP) is 2.80. The van der Waals surface area contributed by atoms with Crippen molar-refractivity contribution in [3.8, 4) is 0 Å². The van der Waals surface area contributed by atoms with E-state index in [0.717, 1.165) is 11.4 Å². The summed E-state index contributed by atoms with van der Waals surface area (Å²) >= 11 is 5.92. The van der Waals surface area contributed by atoms with Crippen molar-refractivity contribution in [1.29, 1.82) is 5.41 Å². The highest BCUT2D eigenvalue weighted by Gasteiger charge is 2.48. The summed E-state index contributed by atoms with van der Waals surface area (Å²) in [7, 11) is 0. The number of nitrogens with one attached hydrogen (secondary N) is 2. The molecule has 0 saturated carbocycles. The average Bonchev–Trinajstić information content (AvgIpc) is 2.71. The van der Waals surface area contributed by atoms with Crippen molar-refractivity contribution in [3.63, 3.8) is 0 Å². The van der Waals surface area contributed by atoms with Crippen molar-refractivity contribution in [3.05, 3.63) is 17.2 Å². The number of fused-ring (bicyclic) bond motifs is 2. The highest BCUT2D eigenvalue weighted by atomic mass is 35.5. The minimum Gasteiger partial charge on any atom is -0.444 e. The van der Waals surface area contributed by atoms with Gasteiger partial charge in [0.2, 0.25) is 5.28 Å². The molecule has 0 unspecified atom stereocenters. The Hall–Kier alpha value is -1.89. The lowest BCUT2D eigenvalue weighted by molar-refractivity contribution is 0.0189. The van der Waals surface area contributed by atoms with Crippen LogP contribution < -0.4 is 5.32 Å². The van der Waals surface area contributed by atoms with Gasteiger partial charge < -0.3 is 15.0 Å². The van der Waals surface area contributed by atoms with E-state index in [4.69, 9.17) is 21.7 Å². The summed E-state index contributed by atoms with van der Waals surface area (Å²) in [5.41, 5.74) is 0.457. The van der Waals surface area contributed by atoms with Crippen LogP contribution >= 0.6 is 11.6 Å². The van der Waals surface area contributed by atoms with Gasteiger partial charge in [0.25, 0.3) is 0 Å². The number of nitrogens with zero attached hydrogens (tertiary/aromatic N) is 3. The van der Waals surface area contributed by atoms with Crippen LogP contribution in [0.2, 0.25) is 5.28 Å². The Kier molecular flexibility index (Phi) is 3.71. The zero-order valence-corrected chi connectivity index (χ0v) is 14.2. The fourth-order valence-corrected chi connectivity index (χ4v) is 3.21. The molecule has 1 amide bonds. The van der Waals surface area contributed by atoms with E-state index < -0.39 is 11.0 Å². The first-order valence-corrected chi connectivity index (χ1v) is 7.96. The van der Waals surface area contributed by atoms with Gasteiger partial charge in [0.1, 0.15) is 11.4 Å². The molecule has 23 heavy (non-hydrogen) atoms. The largest absolute Gasteiger partial charge is 0.444 e. The first kappa shape index (κ1) is 16.0. The van der Waals surface area contributed by atoms with Gasteiger partial charge in [0.15, 0.2) is 0 Å². The van der Waals surface area contributed by atoms with Gasteiger partial charge in [0.05, 0.1) is 23.0 Å². The molecule has 124 valence electrons. The van der Waals surface area contributed by atoms with Crippen molar-refractivity contribution in [2.75, 3.05) is 18.4 Å². The summed E-state index contributed by atoms with van der Waals surface area (Å²) in [4.78, 5) is 22.2. The number of piperidine rings is 1. The molecular formula is C15H20ClN5O2. The average molecular weight is 338 g/mol. The number of carbonyl (C=O) groups excluding carboxylic acids is 1. The van der Waals surface area contributed by atoms with Crippen LogP contribution in [-0.4, -0.2) is 45.5 Å². The smallest absolute Gasteiger partial charge is 0.410 e. The van der Waals surface area contributed by atoms with E-state index in [-0.39, 0.29) is 11.4 Å². The minimum atomic E-state index is -0.513. The lowest BCUT2D eigenvalue weighted by atomic mass is 9.76. The number of anilines is 1. The van der Waals surface area contributed by atoms with Gasteiger partial charge in [-0.2, -0.15) is 0 Å². The molecule has 1 fully saturated rings. The Balaban J connectivity index is 1.78. The van der Waals surface area contributed by atoms with E-state index in [2.05, 4.69) is 15.3 Å². The van der Waals surface area contributed by atoms with Crippen LogP contribution in [0.15, 0.2) is 6.20 Å². The van der Waals surface area contributed by atoms with Crippen LogP contribution in [0.1, 0.15) is 39.3 Å². The van der Waals surface area contributed by atoms with Crippen molar-refractivity contribution < 1.29 is 9.53 Å². The molecular weight excluding hydrogens is 318 g/mol. The Morgan fingerprint density at radius 3 is 2.70 bits per heavy atom. The number of amides is 1. The molecule has 2 aliphatic heterocycles. The van der Waals surface area contributed by atoms with E-state index >= 15 is 0 Å². The first-order chi connectivity index (χ1) is 10.7. The van der Waals surface area contributed by atoms with Crippen molar-refractivity contribution in [1.82, 2.24) is 14.9 Å². The molecule has 8 heteroatoms. The van der Waals surface area contributed by atoms with Crippen molar-refractivity contribution in [2.45, 2.75) is 44.6 Å². The molecule has 0 atom stereocenters. The summed E-state index contributed by atoms with van der Waals surface area (Å²) in [6, 6.07) is 0. The Morgan fingerprint density at radius 2 is 2.09 bits per heavy atom. The van der Waals surface area contributed by atoms with Crippen LogP contribution in [0.3, 0.4) is 0 Å². The van der Waals surface area contributed by atoms with Crippen LogP contribution in [0.5, 0.6) is 0 Å². The molecule has 2 N–H and O–H groups in total. The van der Waals surface area contributed by atoms with E-state index in [0.29, 0.717) is 31.8 Å². The summed E-state index contributed by atoms with van der Waals surface area (Å²) < 4.78 is 5.41. The van der Waals surface area contributed by atoms with Crippen LogP contribution in [0.25, 0.3) is 0 Å². The maximum absolute atomic E-state index is 12.2. The van der Waals surface area contributed by atoms with E-state index in [1.54, 1.807) is 11.1 Å². The Labute approximate surface area is 139 Å². The molecule has 7 nitrogen and oxygen atoms in total. The SMILES string of the molecule is CC(C)(C)OC(=O)N1CCC2(CC1)C(=N)Nc1cnc(Cl)nc12. The molecule has 0 radical (unpaired) electrons. The molecule has 2 aliphatic rings. The minimum absolute atomic E-state index is 0.175. The summed E-state index contributed by atoms with van der Waals surface area (Å²) in [6.07, 6.45) is 2.51. The Bertz CT molecular complexity index is 662. The number of hydrogen-bond acceptors (Lipinski definition) is 5. The molecule has 3 heterocycles. The van der Waals surface area contributed by atoms with Crippen molar-refractivity contribution in [2.24, 2.45) is 0 Å². The van der Waals surface area contributed by atoms with Crippen LogP contribution in [0.4, 0.5) is 10.5 Å². The Morgan fingerprint density at radius 1 is 1.43 bits per heavy atom. The molecule has 0 aromatic carbocycles. The lowest BCUT2D eigenvalue weighted by Crippen LogP contribution is -2.49. The fraction of sp³-hybridized carbons (Fsp3) is 0.600. The maximum Gasteiger partial charge on any atom is 0.410 e. The number of amidine groups is 1. The van der Waals surface area contributed by atoms with E-state index in [1.165, 1.54) is 0 Å². The number of halogens is 1. The highest BCUT2D eigenvalue weighted by Crippen LogP contribution is 2.44. The van der Waals surface area contributed by atoms with Gasteiger partial charge in [-0.15, -0.1) is 0 Å². The number of carbonyl (C=O) groups is 1. The van der Waals surface area contributed by atoms with Gasteiger partial charge in [-0.1, -0.05) is 0 Å². The molecule has 1 aromatic heterocycles. The number of likely N-dealkylation sites (tertiary alicyclic amines) is 1. The molecule has 3 rings (SSSR count). The fourth-order valence-electron chi connectivity index (χ4n) is 3.07. The first-order valence-electron chi connectivity index (χ1n) is 7.58. The summed E-state index contributed by atoms with van der Waals surface area (Å²) in [5.74, 6) is 0.396. The van der Waals surface area contributed by atoms with Gasteiger partial charge in [-0.05, 0) is 45.2 Å². The third-order valence-electron chi connectivity index (χ3n) is 4.22. The molecule has 1 aromatic rings. The highest BCUT2D eigenvalue weighted by molar-refractivity contribution is 6.28. The van der Waals surface area contributed by atoms with Gasteiger partial charge in [-0.3, -0.25) is 5.41 Å². The summed E-state index contributed by atoms with van der Waals surface area (Å²) in [5, 5.41) is 11.5. The quantitative estimate of drug-likeness (QED) is 0.710. The second-order valence-electron chi connectivity index (χ2n) is 6.95. The zero-order valence-electron chi connectivity index (χ0n) is 13.4. The molecule has 1 saturated heterocycles. The second kappa shape index (κ2) is 5.33. The van der Waals surface area contributed by atoms with Crippen molar-refractivity contribution >= 4 is 29.2 Å². The van der Waals surface area contributed by atoms with Crippen LogP contribution in [-0.2, 0) is 10.2 Å². The maximum atomic E-state index is 12.2. The second-order valence-corrected chi connectivity index (χ2v) is 7.29. The third-order valence-corrected chi connectivity index (χ3v) is 4.40. The van der Waals surface area contributed by atoms with E-state index in [1.807, 2.05) is 20.8 Å². The molecule has 0 aliphatic carbocycles. The normalized spacial score (nSPS) is 19.5. The summed E-state index contributed by atoms with van der Waals surface area (Å²) in [6.45, 7) is 6.58. The topological polar surface area (TPSA) is 91.2 Å². The third kappa shape index (κ3) is 2.85. The molecule has 0 bridgehead atoms. The number of ether oxygens (including phenoxy) is 1. The zero-order chi connectivity index (χ0) is 16.8. The monoisotopic (exact) mass is 337 g/mol. The standard InChI is InChI=1S/C15H20ClN5O2/c1-14(2,3)23-13(22)21-6-4-15(5-7-21)10-9(19-11(15)17)8-18-12(16)20-10/h8H,4-7H2,1-3H3,(H2,17,19). The van der Waals surface area contributed by atoms with Gasteiger partial charge in [0, 0.05) is 13.1 Å². The van der Waals surface area contributed by atoms with Gasteiger partial charge in [-0.25, -0.2) is 14.8 Å². The van der Waals surface area contributed by atoms with Gasteiger partial charge >= 0.3 is 6.09 Å². The number of aromatic nitrogens is 2. The number of rotatable bonds is 0. The lowest BCUT2D eigenvalue weighted by Gasteiger charge is -2.38. The number of hydrogen-bond donors (Lipinski definition) is 2. The van der Waals surface area contributed by atoms with Crippen LogP contribution in [0, 0.1) is 5.41 Å². The molecule has 1 spiro atoms. The van der Waals surface area contributed by atoms with E-state index in [9.17, 15) is 4.79 Å².